The highest BCUT2D eigenvalue weighted by Gasteiger charge is 2.07. The third kappa shape index (κ3) is 3.50. The second kappa shape index (κ2) is 6.28. The molecule has 0 saturated heterocycles. The summed E-state index contributed by atoms with van der Waals surface area (Å²) in [7, 11) is 0. The molecule has 0 spiro atoms. The largest absolute Gasteiger partial charge is 0.297 e. The van der Waals surface area contributed by atoms with E-state index in [2.05, 4.69) is 18.8 Å². The van der Waals surface area contributed by atoms with Crippen LogP contribution in [0.2, 0.25) is 0 Å². The van der Waals surface area contributed by atoms with E-state index in [1.807, 2.05) is 42.5 Å². The standard InChI is InChI=1S/C17H19NO/c1-13(2)12-18-11-10-17(19)16-9-5-7-14-6-3-4-8-15(14)16/h3-9,11,13H,10,12H2,1-2H3. The van der Waals surface area contributed by atoms with Gasteiger partial charge < -0.3 is 0 Å². The fraction of sp³-hybridized carbons (Fsp3) is 0.294. The van der Waals surface area contributed by atoms with E-state index in [0.29, 0.717) is 12.3 Å². The number of ketones is 1. The van der Waals surface area contributed by atoms with Gasteiger partial charge in [-0.1, -0.05) is 56.3 Å². The van der Waals surface area contributed by atoms with E-state index in [1.54, 1.807) is 6.21 Å². The van der Waals surface area contributed by atoms with Gasteiger partial charge in [0.05, 0.1) is 0 Å². The van der Waals surface area contributed by atoms with Crippen LogP contribution in [0.4, 0.5) is 0 Å². The Balaban J connectivity index is 2.15. The number of fused-ring (bicyclic) bond motifs is 1. The number of rotatable bonds is 5. The van der Waals surface area contributed by atoms with E-state index in [1.165, 1.54) is 0 Å². The zero-order chi connectivity index (χ0) is 13.7. The summed E-state index contributed by atoms with van der Waals surface area (Å²) >= 11 is 0. The van der Waals surface area contributed by atoms with Gasteiger partial charge in [-0.3, -0.25) is 9.79 Å². The first-order chi connectivity index (χ1) is 9.18. The van der Waals surface area contributed by atoms with Gasteiger partial charge in [0, 0.05) is 24.7 Å². The molecule has 2 rings (SSSR count). The van der Waals surface area contributed by atoms with Crippen molar-refractivity contribution in [2.75, 3.05) is 6.54 Å². The minimum atomic E-state index is 0.129. The number of aliphatic imine (C=N–C) groups is 1. The van der Waals surface area contributed by atoms with E-state index in [4.69, 9.17) is 0 Å². The zero-order valence-corrected chi connectivity index (χ0v) is 11.5. The molecule has 0 aliphatic carbocycles. The molecular formula is C17H19NO. The molecule has 0 bridgehead atoms. The van der Waals surface area contributed by atoms with Crippen LogP contribution in [0.1, 0.15) is 30.6 Å². The Labute approximate surface area is 114 Å². The number of carbonyl (C=O) groups excluding carboxylic acids is 1. The molecule has 0 radical (unpaired) electrons. The van der Waals surface area contributed by atoms with Gasteiger partial charge in [0.25, 0.3) is 0 Å². The van der Waals surface area contributed by atoms with E-state index in [0.717, 1.165) is 22.9 Å². The van der Waals surface area contributed by atoms with Crippen molar-refractivity contribution < 1.29 is 4.79 Å². The van der Waals surface area contributed by atoms with Crippen LogP contribution < -0.4 is 0 Å². The second-order valence-corrected chi connectivity index (χ2v) is 5.10. The lowest BCUT2D eigenvalue weighted by molar-refractivity contribution is 0.100. The molecule has 0 N–H and O–H groups in total. The quantitative estimate of drug-likeness (QED) is 0.581. The zero-order valence-electron chi connectivity index (χ0n) is 11.5. The highest BCUT2D eigenvalue weighted by atomic mass is 16.1. The van der Waals surface area contributed by atoms with Gasteiger partial charge in [-0.2, -0.15) is 0 Å². The van der Waals surface area contributed by atoms with E-state index in [9.17, 15) is 4.79 Å². The monoisotopic (exact) mass is 253 g/mol. The van der Waals surface area contributed by atoms with Crippen LogP contribution in [-0.2, 0) is 0 Å². The first-order valence-corrected chi connectivity index (χ1v) is 6.67. The lowest BCUT2D eigenvalue weighted by Gasteiger charge is -2.04. The fourth-order valence-corrected chi connectivity index (χ4v) is 2.01. The Hall–Kier alpha value is -1.96. The molecule has 2 aromatic carbocycles. The molecule has 0 aliphatic heterocycles. The Kier molecular flexibility index (Phi) is 4.45. The molecule has 2 aromatic rings. The molecule has 0 heterocycles. The summed E-state index contributed by atoms with van der Waals surface area (Å²) in [4.78, 5) is 16.5. The van der Waals surface area contributed by atoms with Crippen molar-refractivity contribution in [1.29, 1.82) is 0 Å². The van der Waals surface area contributed by atoms with Crippen LogP contribution in [0.3, 0.4) is 0 Å². The van der Waals surface area contributed by atoms with Crippen LogP contribution in [0, 0.1) is 5.92 Å². The average molecular weight is 253 g/mol. The molecule has 2 heteroatoms. The molecule has 0 saturated carbocycles. The summed E-state index contributed by atoms with van der Waals surface area (Å²) in [5, 5.41) is 2.12. The van der Waals surface area contributed by atoms with Gasteiger partial charge in [0.15, 0.2) is 5.78 Å². The normalized spacial score (nSPS) is 11.5. The van der Waals surface area contributed by atoms with Gasteiger partial charge >= 0.3 is 0 Å². The van der Waals surface area contributed by atoms with Crippen molar-refractivity contribution in [2.45, 2.75) is 20.3 Å². The van der Waals surface area contributed by atoms with Crippen LogP contribution in [0.15, 0.2) is 47.5 Å². The van der Waals surface area contributed by atoms with Crippen LogP contribution in [0.25, 0.3) is 10.8 Å². The summed E-state index contributed by atoms with van der Waals surface area (Å²) in [6.45, 7) is 5.01. The number of benzene rings is 2. The van der Waals surface area contributed by atoms with E-state index < -0.39 is 0 Å². The maximum Gasteiger partial charge on any atom is 0.168 e. The highest BCUT2D eigenvalue weighted by Crippen LogP contribution is 2.19. The van der Waals surface area contributed by atoms with Crippen LogP contribution in [-0.4, -0.2) is 18.5 Å². The summed E-state index contributed by atoms with van der Waals surface area (Å²) in [6.07, 6.45) is 2.12. The molecule has 0 aromatic heterocycles. The van der Waals surface area contributed by atoms with Crippen LogP contribution >= 0.6 is 0 Å². The summed E-state index contributed by atoms with van der Waals surface area (Å²) in [5.74, 6) is 0.660. The van der Waals surface area contributed by atoms with Crippen molar-refractivity contribution in [3.8, 4) is 0 Å². The summed E-state index contributed by atoms with van der Waals surface area (Å²) in [5.41, 5.74) is 0.786. The van der Waals surface area contributed by atoms with Gasteiger partial charge in [-0.25, -0.2) is 0 Å². The molecule has 0 unspecified atom stereocenters. The molecule has 2 nitrogen and oxygen atoms in total. The lowest BCUT2D eigenvalue weighted by atomic mass is 10.0. The highest BCUT2D eigenvalue weighted by molar-refractivity contribution is 6.12. The van der Waals surface area contributed by atoms with E-state index >= 15 is 0 Å². The SMILES string of the molecule is CC(C)CN=CCC(=O)c1cccc2ccccc12. The Bertz CT molecular complexity index is 594. The van der Waals surface area contributed by atoms with E-state index in [-0.39, 0.29) is 5.78 Å². The lowest BCUT2D eigenvalue weighted by Crippen LogP contribution is -2.01. The van der Waals surface area contributed by atoms with Gasteiger partial charge in [0.1, 0.15) is 0 Å². The van der Waals surface area contributed by atoms with Crippen molar-refractivity contribution >= 4 is 22.8 Å². The maximum absolute atomic E-state index is 12.2. The molecular weight excluding hydrogens is 234 g/mol. The first-order valence-electron chi connectivity index (χ1n) is 6.67. The predicted octanol–water partition coefficient (Wildman–Crippen LogP) is 4.14. The van der Waals surface area contributed by atoms with Gasteiger partial charge in [-0.05, 0) is 16.7 Å². The first kappa shape index (κ1) is 13.5. The third-order valence-electron chi connectivity index (χ3n) is 2.97. The topological polar surface area (TPSA) is 29.4 Å². The number of Topliss-reactive ketones (excluding diaryl/α,β-unsaturated/α-hetero) is 1. The number of hydrogen-bond acceptors (Lipinski definition) is 2. The maximum atomic E-state index is 12.2. The Morgan fingerprint density at radius 2 is 1.89 bits per heavy atom. The summed E-state index contributed by atoms with van der Waals surface area (Å²) in [6, 6.07) is 13.8. The molecule has 19 heavy (non-hydrogen) atoms. The van der Waals surface area contributed by atoms with Gasteiger partial charge in [0.2, 0.25) is 0 Å². The average Bonchev–Trinajstić information content (AvgIpc) is 2.42. The Morgan fingerprint density at radius 1 is 1.16 bits per heavy atom. The summed E-state index contributed by atoms with van der Waals surface area (Å²) < 4.78 is 0. The fourth-order valence-electron chi connectivity index (χ4n) is 2.01. The van der Waals surface area contributed by atoms with Crippen molar-refractivity contribution in [3.63, 3.8) is 0 Å². The van der Waals surface area contributed by atoms with Gasteiger partial charge in [-0.15, -0.1) is 0 Å². The Morgan fingerprint density at radius 3 is 2.68 bits per heavy atom. The number of hydrogen-bond donors (Lipinski definition) is 0. The van der Waals surface area contributed by atoms with Crippen LogP contribution in [0.5, 0.6) is 0 Å². The minimum absolute atomic E-state index is 0.129. The molecule has 0 fully saturated rings. The molecule has 0 aliphatic rings. The predicted molar refractivity (Wildman–Crippen MR) is 81.1 cm³/mol. The van der Waals surface area contributed by atoms with Crippen molar-refractivity contribution in [3.05, 3.63) is 48.0 Å². The third-order valence-corrected chi connectivity index (χ3v) is 2.97. The molecule has 98 valence electrons. The molecule has 0 atom stereocenters. The smallest absolute Gasteiger partial charge is 0.168 e. The number of nitrogens with zero attached hydrogens (tertiary/aromatic N) is 1. The number of carbonyl (C=O) groups is 1. The van der Waals surface area contributed by atoms with Crippen molar-refractivity contribution in [1.82, 2.24) is 0 Å². The second-order valence-electron chi connectivity index (χ2n) is 5.10. The minimum Gasteiger partial charge on any atom is -0.297 e. The van der Waals surface area contributed by atoms with Crippen molar-refractivity contribution in [2.24, 2.45) is 10.9 Å². The molecule has 0 amide bonds.